The summed E-state index contributed by atoms with van der Waals surface area (Å²) in [5.74, 6) is 0.149. The minimum Gasteiger partial charge on any atom is -0.256 e. The first kappa shape index (κ1) is 33.4. The molecule has 2 heterocycles. The van der Waals surface area contributed by atoms with Gasteiger partial charge in [0.05, 0.1) is 11.4 Å². The van der Waals surface area contributed by atoms with Gasteiger partial charge in [0.2, 0.25) is 0 Å². The van der Waals surface area contributed by atoms with E-state index in [1.54, 1.807) is 0 Å². The molecule has 264 valence electrons. The summed E-state index contributed by atoms with van der Waals surface area (Å²) in [6.45, 7) is 0. The maximum absolute atomic E-state index is 4.73. The summed E-state index contributed by atoms with van der Waals surface area (Å²) in [6.07, 6.45) is 11.0. The van der Waals surface area contributed by atoms with E-state index < -0.39 is 0 Å². The number of aromatic nitrogens is 2. The third kappa shape index (κ3) is 6.32. The molecule has 0 saturated carbocycles. The lowest BCUT2D eigenvalue weighted by Gasteiger charge is -2.38. The normalized spacial score (nSPS) is 15.8. The Morgan fingerprint density at radius 1 is 0.375 bits per heavy atom. The van der Waals surface area contributed by atoms with Gasteiger partial charge in [-0.3, -0.25) is 9.97 Å². The predicted octanol–water partition coefficient (Wildman–Crippen LogP) is 13.4. The standard InChI is InChI=1S/C54H38N2/c1-3-15-37(16-4-1)44-33-45(38-17-5-2-6-18-38)35-46(34-44)39-27-28-49-50(36-39)54(43-22-14-20-41(32-43)52-26-10-12-30-56-52)48-24-8-7-23-47(48)53(49)42-21-13-19-40(31-42)51-25-9-11-29-55-51/h1-36,50,54H. The van der Waals surface area contributed by atoms with Crippen molar-refractivity contribution in [2.75, 3.05) is 0 Å². The van der Waals surface area contributed by atoms with E-state index in [1.807, 2.05) is 24.5 Å². The van der Waals surface area contributed by atoms with E-state index >= 15 is 0 Å². The average molecular weight is 715 g/mol. The average Bonchev–Trinajstić information content (AvgIpc) is 3.29. The summed E-state index contributed by atoms with van der Waals surface area (Å²) in [6, 6.07) is 67.7. The Bertz CT molecular complexity index is 2720. The Labute approximate surface area is 328 Å². The van der Waals surface area contributed by atoms with Crippen molar-refractivity contribution < 1.29 is 0 Å². The van der Waals surface area contributed by atoms with E-state index in [0.717, 1.165) is 22.5 Å². The van der Waals surface area contributed by atoms with Crippen LogP contribution in [0.5, 0.6) is 0 Å². The molecule has 0 N–H and O–H groups in total. The molecule has 2 heteroatoms. The molecule has 0 saturated heterocycles. The van der Waals surface area contributed by atoms with Crippen LogP contribution < -0.4 is 0 Å². The third-order valence-electron chi connectivity index (χ3n) is 11.2. The molecule has 0 radical (unpaired) electrons. The molecule has 2 aliphatic rings. The van der Waals surface area contributed by atoms with Gasteiger partial charge in [0.15, 0.2) is 0 Å². The van der Waals surface area contributed by atoms with Crippen LogP contribution in [0.4, 0.5) is 0 Å². The van der Waals surface area contributed by atoms with E-state index in [2.05, 4.69) is 194 Å². The van der Waals surface area contributed by atoms with Gasteiger partial charge in [0, 0.05) is 35.4 Å². The van der Waals surface area contributed by atoms with Crippen LogP contribution in [0.15, 0.2) is 224 Å². The Balaban J connectivity index is 1.19. The Morgan fingerprint density at radius 3 is 1.57 bits per heavy atom. The molecule has 0 spiro atoms. The number of hydrogen-bond donors (Lipinski definition) is 0. The summed E-state index contributed by atoms with van der Waals surface area (Å²) in [5, 5.41) is 0. The second kappa shape index (κ2) is 14.6. The highest BCUT2D eigenvalue weighted by molar-refractivity contribution is 5.93. The lowest BCUT2D eigenvalue weighted by molar-refractivity contribution is 0.651. The van der Waals surface area contributed by atoms with Crippen molar-refractivity contribution in [1.29, 1.82) is 0 Å². The topological polar surface area (TPSA) is 25.8 Å². The van der Waals surface area contributed by atoms with Gasteiger partial charge >= 0.3 is 0 Å². The van der Waals surface area contributed by atoms with Gasteiger partial charge in [-0.25, -0.2) is 0 Å². The van der Waals surface area contributed by atoms with Gasteiger partial charge in [0.1, 0.15) is 0 Å². The quantitative estimate of drug-likeness (QED) is 0.164. The summed E-state index contributed by atoms with van der Waals surface area (Å²) in [5.41, 5.74) is 19.1. The van der Waals surface area contributed by atoms with Crippen molar-refractivity contribution in [2.24, 2.45) is 5.92 Å². The van der Waals surface area contributed by atoms with Crippen molar-refractivity contribution in [3.63, 3.8) is 0 Å². The number of benzene rings is 6. The fourth-order valence-corrected chi connectivity index (χ4v) is 8.58. The van der Waals surface area contributed by atoms with Gasteiger partial charge in [0.25, 0.3) is 0 Å². The number of allylic oxidation sites excluding steroid dienone is 5. The predicted molar refractivity (Wildman–Crippen MR) is 232 cm³/mol. The lowest BCUT2D eigenvalue weighted by atomic mass is 9.65. The molecule has 0 bridgehead atoms. The maximum Gasteiger partial charge on any atom is 0.0702 e. The van der Waals surface area contributed by atoms with Crippen LogP contribution >= 0.6 is 0 Å². The first-order valence-corrected chi connectivity index (χ1v) is 19.3. The summed E-state index contributed by atoms with van der Waals surface area (Å²) < 4.78 is 0. The highest BCUT2D eigenvalue weighted by Crippen LogP contribution is 2.52. The van der Waals surface area contributed by atoms with Crippen LogP contribution in [-0.2, 0) is 0 Å². The van der Waals surface area contributed by atoms with Gasteiger partial charge in [-0.05, 0) is 121 Å². The molecule has 6 aromatic carbocycles. The van der Waals surface area contributed by atoms with Crippen molar-refractivity contribution >= 4 is 11.1 Å². The molecule has 0 aliphatic heterocycles. The lowest BCUT2D eigenvalue weighted by Crippen LogP contribution is -2.23. The van der Waals surface area contributed by atoms with Crippen LogP contribution in [0.25, 0.3) is 55.9 Å². The van der Waals surface area contributed by atoms with Gasteiger partial charge in [-0.2, -0.15) is 0 Å². The van der Waals surface area contributed by atoms with Crippen LogP contribution in [0.2, 0.25) is 0 Å². The van der Waals surface area contributed by atoms with Crippen molar-refractivity contribution in [3.8, 4) is 44.8 Å². The molecule has 8 aromatic rings. The number of hydrogen-bond acceptors (Lipinski definition) is 2. The summed E-state index contributed by atoms with van der Waals surface area (Å²) in [7, 11) is 0. The molecule has 2 aromatic heterocycles. The van der Waals surface area contributed by atoms with Crippen LogP contribution in [0, 0.1) is 5.92 Å². The number of pyridine rings is 2. The number of rotatable bonds is 7. The zero-order valence-corrected chi connectivity index (χ0v) is 30.8. The van der Waals surface area contributed by atoms with E-state index in [-0.39, 0.29) is 11.8 Å². The van der Waals surface area contributed by atoms with Gasteiger partial charge < -0.3 is 0 Å². The highest BCUT2D eigenvalue weighted by Gasteiger charge is 2.36. The van der Waals surface area contributed by atoms with Crippen LogP contribution in [-0.4, -0.2) is 9.97 Å². The van der Waals surface area contributed by atoms with E-state index in [1.165, 1.54) is 66.8 Å². The van der Waals surface area contributed by atoms with Gasteiger partial charge in [-0.1, -0.05) is 152 Å². The van der Waals surface area contributed by atoms with Crippen molar-refractivity contribution in [1.82, 2.24) is 9.97 Å². The number of nitrogens with zero attached hydrogens (tertiary/aromatic N) is 2. The molecule has 2 atom stereocenters. The maximum atomic E-state index is 4.73. The SMILES string of the molecule is C1=CC2=C(c3cccc(-c4ccccn4)c3)c3ccccc3C(c3cccc(-c4ccccn4)c3)C2C=C1c1cc(-c2ccccc2)cc(-c2ccccc2)c1. The number of fused-ring (bicyclic) bond motifs is 2. The smallest absolute Gasteiger partial charge is 0.0702 e. The Kier molecular flexibility index (Phi) is 8.70. The van der Waals surface area contributed by atoms with E-state index in [9.17, 15) is 0 Å². The fourth-order valence-electron chi connectivity index (χ4n) is 8.58. The fraction of sp³-hybridized carbons (Fsp3) is 0.0370. The molecule has 0 amide bonds. The van der Waals surface area contributed by atoms with Crippen molar-refractivity contribution in [3.05, 3.63) is 252 Å². The molecule has 56 heavy (non-hydrogen) atoms. The highest BCUT2D eigenvalue weighted by atomic mass is 14.7. The second-order valence-corrected chi connectivity index (χ2v) is 14.5. The first-order valence-electron chi connectivity index (χ1n) is 19.3. The minimum absolute atomic E-state index is 0.0675. The minimum atomic E-state index is 0.0675. The van der Waals surface area contributed by atoms with Crippen LogP contribution in [0.3, 0.4) is 0 Å². The molecule has 2 unspecified atom stereocenters. The van der Waals surface area contributed by atoms with Crippen LogP contribution in [0.1, 0.15) is 33.7 Å². The largest absolute Gasteiger partial charge is 0.256 e. The van der Waals surface area contributed by atoms with Gasteiger partial charge in [-0.15, -0.1) is 0 Å². The molecule has 2 aliphatic carbocycles. The molecule has 0 fully saturated rings. The third-order valence-corrected chi connectivity index (χ3v) is 11.2. The van der Waals surface area contributed by atoms with Crippen molar-refractivity contribution in [2.45, 2.75) is 5.92 Å². The molecule has 2 nitrogen and oxygen atoms in total. The zero-order chi connectivity index (χ0) is 37.3. The summed E-state index contributed by atoms with van der Waals surface area (Å²) >= 11 is 0. The Hall–Kier alpha value is -7.16. The molecule has 10 rings (SSSR count). The second-order valence-electron chi connectivity index (χ2n) is 14.5. The van der Waals surface area contributed by atoms with E-state index in [4.69, 9.17) is 9.97 Å². The zero-order valence-electron chi connectivity index (χ0n) is 30.8. The Morgan fingerprint density at radius 2 is 0.911 bits per heavy atom. The monoisotopic (exact) mass is 714 g/mol. The molecular weight excluding hydrogens is 677 g/mol. The molecular formula is C54H38N2. The first-order chi connectivity index (χ1) is 27.8. The van der Waals surface area contributed by atoms with E-state index in [0.29, 0.717) is 0 Å². The summed E-state index contributed by atoms with van der Waals surface area (Å²) in [4.78, 5) is 9.43.